The standard InChI is InChI=1S/C32H44N2O5SSi/c1-22(29(40)24-15-11-8-12-16-24)28-27(26(31(2,3)4)21-39-41(5)6)30(35)33(28)32(19-23-13-9-7-10-14-23)20-25(34(36)37)17-18-38-32/h7-16,22,25-28,41H,17-21H2,1-6H3/t22?,25?,26-,27+,28-,32?/m1/s1. The fourth-order valence-electron chi connectivity index (χ4n) is 6.54. The predicted octanol–water partition coefficient (Wildman–Crippen LogP) is 5.92. The van der Waals surface area contributed by atoms with Crippen molar-refractivity contribution in [3.8, 4) is 0 Å². The monoisotopic (exact) mass is 596 g/mol. The maximum Gasteiger partial charge on any atom is 0.230 e. The summed E-state index contributed by atoms with van der Waals surface area (Å²) in [6.07, 6.45) is 0.854. The van der Waals surface area contributed by atoms with Crippen molar-refractivity contribution >= 4 is 32.0 Å². The minimum atomic E-state index is -1.34. The zero-order valence-electron chi connectivity index (χ0n) is 25.1. The molecule has 0 N–H and O–H groups in total. The van der Waals surface area contributed by atoms with Gasteiger partial charge in [-0.1, -0.05) is 101 Å². The van der Waals surface area contributed by atoms with E-state index in [4.69, 9.17) is 21.4 Å². The number of likely N-dealkylation sites (tertiary alicyclic amines) is 1. The Morgan fingerprint density at radius 2 is 1.78 bits per heavy atom. The fourth-order valence-corrected chi connectivity index (χ4v) is 7.41. The second-order valence-electron chi connectivity index (χ2n) is 13.0. The third-order valence-electron chi connectivity index (χ3n) is 8.76. The lowest BCUT2D eigenvalue weighted by molar-refractivity contribution is -0.536. The molecule has 4 rings (SSSR count). The molecule has 0 aliphatic carbocycles. The molecule has 222 valence electrons. The minimum Gasteiger partial charge on any atom is -0.420 e. The molecule has 2 aromatic rings. The molecule has 7 nitrogen and oxygen atoms in total. The van der Waals surface area contributed by atoms with Gasteiger partial charge in [0.25, 0.3) is 0 Å². The quantitative estimate of drug-likeness (QED) is 0.0800. The summed E-state index contributed by atoms with van der Waals surface area (Å²) in [5, 5.41) is 12.1. The van der Waals surface area contributed by atoms with E-state index in [1.165, 1.54) is 0 Å². The van der Waals surface area contributed by atoms with E-state index in [1.807, 2.05) is 65.6 Å². The minimum absolute atomic E-state index is 0.0217. The van der Waals surface area contributed by atoms with Gasteiger partial charge in [-0.2, -0.15) is 0 Å². The van der Waals surface area contributed by atoms with Crippen LogP contribution in [0.15, 0.2) is 60.7 Å². The third kappa shape index (κ3) is 6.79. The first-order chi connectivity index (χ1) is 19.4. The Bertz CT molecular complexity index is 1220. The van der Waals surface area contributed by atoms with E-state index in [1.54, 1.807) is 0 Å². The van der Waals surface area contributed by atoms with Gasteiger partial charge in [-0.05, 0) is 35.6 Å². The van der Waals surface area contributed by atoms with E-state index in [-0.39, 0.29) is 53.1 Å². The summed E-state index contributed by atoms with van der Waals surface area (Å²) in [6.45, 7) is 13.6. The van der Waals surface area contributed by atoms with Gasteiger partial charge in [0.15, 0.2) is 14.8 Å². The summed E-state index contributed by atoms with van der Waals surface area (Å²) in [5.74, 6) is -0.586. The van der Waals surface area contributed by atoms with Crippen molar-refractivity contribution in [2.45, 2.75) is 77.9 Å². The number of nitrogens with zero attached hydrogens (tertiary/aromatic N) is 2. The lowest BCUT2D eigenvalue weighted by Gasteiger charge is -2.62. The largest absolute Gasteiger partial charge is 0.420 e. The summed E-state index contributed by atoms with van der Waals surface area (Å²) < 4.78 is 12.8. The number of thiocarbonyl (C=S) groups is 1. The van der Waals surface area contributed by atoms with Gasteiger partial charge in [-0.25, -0.2) is 0 Å². The fraction of sp³-hybridized carbons (Fsp3) is 0.562. The number of carbonyl (C=O) groups excluding carboxylic acids is 1. The van der Waals surface area contributed by atoms with Gasteiger partial charge < -0.3 is 14.1 Å². The lowest BCUT2D eigenvalue weighted by Crippen LogP contribution is -2.76. The number of amides is 1. The van der Waals surface area contributed by atoms with Gasteiger partial charge >= 0.3 is 0 Å². The van der Waals surface area contributed by atoms with Crippen LogP contribution in [0, 0.1) is 33.3 Å². The second kappa shape index (κ2) is 12.8. The van der Waals surface area contributed by atoms with Crippen LogP contribution in [0.4, 0.5) is 0 Å². The first-order valence-corrected chi connectivity index (χ1v) is 17.9. The summed E-state index contributed by atoms with van der Waals surface area (Å²) in [5.41, 5.74) is 0.597. The van der Waals surface area contributed by atoms with Crippen molar-refractivity contribution in [1.82, 2.24) is 4.90 Å². The Morgan fingerprint density at radius 1 is 1.17 bits per heavy atom. The molecule has 0 radical (unpaired) electrons. The van der Waals surface area contributed by atoms with Gasteiger partial charge in [0.1, 0.15) is 0 Å². The number of carbonyl (C=O) groups is 1. The van der Waals surface area contributed by atoms with E-state index >= 15 is 0 Å². The smallest absolute Gasteiger partial charge is 0.230 e. The van der Waals surface area contributed by atoms with Crippen molar-refractivity contribution in [2.24, 2.45) is 23.2 Å². The van der Waals surface area contributed by atoms with Crippen LogP contribution in [0.2, 0.25) is 13.1 Å². The molecule has 0 spiro atoms. The molecule has 3 unspecified atom stereocenters. The van der Waals surface area contributed by atoms with Crippen molar-refractivity contribution in [2.75, 3.05) is 13.2 Å². The lowest BCUT2D eigenvalue weighted by atomic mass is 9.62. The average molecular weight is 597 g/mol. The second-order valence-corrected chi connectivity index (χ2v) is 15.9. The maximum atomic E-state index is 14.5. The maximum absolute atomic E-state index is 14.5. The van der Waals surface area contributed by atoms with E-state index in [2.05, 4.69) is 40.8 Å². The van der Waals surface area contributed by atoms with Gasteiger partial charge in [-0.3, -0.25) is 14.9 Å². The molecule has 9 heteroatoms. The van der Waals surface area contributed by atoms with E-state index in [0.717, 1.165) is 16.0 Å². The Labute approximate surface area is 251 Å². The Balaban J connectivity index is 1.81. The molecule has 2 saturated heterocycles. The zero-order valence-corrected chi connectivity index (χ0v) is 27.1. The molecular formula is C32H44N2O5SSi. The Morgan fingerprint density at radius 3 is 2.34 bits per heavy atom. The molecule has 2 fully saturated rings. The molecule has 6 atom stereocenters. The Hall–Kier alpha value is -2.46. The van der Waals surface area contributed by atoms with Gasteiger partial charge in [0, 0.05) is 35.2 Å². The summed E-state index contributed by atoms with van der Waals surface area (Å²) in [4.78, 5) is 29.0. The van der Waals surface area contributed by atoms with Crippen molar-refractivity contribution in [1.29, 1.82) is 0 Å². The summed E-state index contributed by atoms with van der Waals surface area (Å²) >= 11 is 6.07. The van der Waals surface area contributed by atoms with Crippen LogP contribution in [0.1, 0.15) is 51.7 Å². The average Bonchev–Trinajstić information content (AvgIpc) is 2.93. The number of ether oxygens (including phenoxy) is 1. The van der Waals surface area contributed by atoms with Crippen LogP contribution in [-0.4, -0.2) is 60.7 Å². The van der Waals surface area contributed by atoms with Crippen LogP contribution in [0.5, 0.6) is 0 Å². The summed E-state index contributed by atoms with van der Waals surface area (Å²) in [6, 6.07) is 18.7. The molecule has 41 heavy (non-hydrogen) atoms. The number of rotatable bonds is 11. The number of β-lactam (4-membered cyclic amide) rings is 1. The highest BCUT2D eigenvalue weighted by molar-refractivity contribution is 7.80. The van der Waals surface area contributed by atoms with Crippen LogP contribution in [0.25, 0.3) is 0 Å². The highest BCUT2D eigenvalue weighted by Crippen LogP contribution is 2.51. The number of hydrogen-bond donors (Lipinski definition) is 0. The first-order valence-electron chi connectivity index (χ1n) is 14.7. The van der Waals surface area contributed by atoms with Gasteiger partial charge in [-0.15, -0.1) is 0 Å². The third-order valence-corrected chi connectivity index (χ3v) is 10.2. The van der Waals surface area contributed by atoms with Gasteiger partial charge in [0.05, 0.1) is 25.0 Å². The van der Waals surface area contributed by atoms with Crippen molar-refractivity contribution < 1.29 is 18.9 Å². The van der Waals surface area contributed by atoms with E-state index in [0.29, 0.717) is 19.4 Å². The highest BCUT2D eigenvalue weighted by atomic mass is 32.1. The SMILES string of the molecule is CC(C(=S)c1ccccc1)[C@@H]1[C@H]([C@@H](CO[SiH](C)C)C(C)(C)C)C(=O)N1C1(Cc2ccccc2)CC([N+](=O)[O-])CCO1. The molecule has 2 heterocycles. The zero-order chi connectivity index (χ0) is 29.9. The van der Waals surface area contributed by atoms with Crippen LogP contribution >= 0.6 is 12.2 Å². The number of nitro groups is 1. The number of benzene rings is 2. The molecule has 2 aliphatic heterocycles. The Kier molecular flexibility index (Phi) is 9.84. The van der Waals surface area contributed by atoms with Crippen LogP contribution in [-0.2, 0) is 20.4 Å². The molecule has 0 saturated carbocycles. The van der Waals surface area contributed by atoms with Crippen molar-refractivity contribution in [3.05, 3.63) is 81.9 Å². The highest BCUT2D eigenvalue weighted by Gasteiger charge is 2.64. The topological polar surface area (TPSA) is 81.9 Å². The molecule has 2 aliphatic rings. The molecule has 0 bridgehead atoms. The number of hydrogen-bond acceptors (Lipinski definition) is 6. The molecule has 2 aromatic carbocycles. The first kappa shape index (κ1) is 31.5. The van der Waals surface area contributed by atoms with Crippen LogP contribution < -0.4 is 0 Å². The van der Waals surface area contributed by atoms with Crippen molar-refractivity contribution in [3.63, 3.8) is 0 Å². The van der Waals surface area contributed by atoms with E-state index < -0.39 is 20.8 Å². The normalized spacial score (nSPS) is 26.4. The van der Waals surface area contributed by atoms with Gasteiger partial charge in [0.2, 0.25) is 11.9 Å². The van der Waals surface area contributed by atoms with E-state index in [9.17, 15) is 14.9 Å². The molecule has 1 amide bonds. The van der Waals surface area contributed by atoms with Crippen LogP contribution in [0.3, 0.4) is 0 Å². The molecule has 0 aromatic heterocycles. The predicted molar refractivity (Wildman–Crippen MR) is 168 cm³/mol. The molecular weight excluding hydrogens is 553 g/mol. The summed E-state index contributed by atoms with van der Waals surface area (Å²) in [7, 11) is -1.34.